The van der Waals surface area contributed by atoms with Crippen LogP contribution in [0.5, 0.6) is 5.75 Å². The Balaban J connectivity index is 1.37. The maximum Gasteiger partial charge on any atom is 0.335 e. The maximum atomic E-state index is 13.3. The number of carboxylic acids is 1. The second kappa shape index (κ2) is 12.2. The second-order valence-electron chi connectivity index (χ2n) is 9.91. The molecule has 2 aliphatic rings. The fraction of sp³-hybridized carbons (Fsp3) is 0.464. The second-order valence-corrected chi connectivity index (χ2v) is 10.8. The first-order valence-corrected chi connectivity index (χ1v) is 13.6. The summed E-state index contributed by atoms with van der Waals surface area (Å²) in [4.78, 5) is 39.5. The number of methoxy groups -OCH3 is 2. The molecule has 0 bridgehead atoms. The number of likely N-dealkylation sites (tertiary alicyclic amines) is 1. The molecule has 0 aromatic heterocycles. The van der Waals surface area contributed by atoms with Crippen LogP contribution >= 0.6 is 15.9 Å². The Hall–Kier alpha value is -3.11. The SMILES string of the molecule is COc1cc(CC(=O)N2CCC[C@H]2C2CCC(OC)(C(=O)O)CC2)ccc1NC(=O)Nc1ccccc1Br. The molecule has 2 fully saturated rings. The Morgan fingerprint density at radius 1 is 1.05 bits per heavy atom. The van der Waals surface area contributed by atoms with Gasteiger partial charge in [-0.1, -0.05) is 18.2 Å². The van der Waals surface area contributed by atoms with Crippen LogP contribution < -0.4 is 15.4 Å². The van der Waals surface area contributed by atoms with Crippen LogP contribution in [0.2, 0.25) is 0 Å². The van der Waals surface area contributed by atoms with E-state index in [0.717, 1.165) is 35.7 Å². The van der Waals surface area contributed by atoms with Crippen molar-refractivity contribution in [3.63, 3.8) is 0 Å². The molecular weight excluding hydrogens is 554 g/mol. The Bertz CT molecular complexity index is 1180. The van der Waals surface area contributed by atoms with E-state index in [-0.39, 0.29) is 24.3 Å². The average Bonchev–Trinajstić information content (AvgIpc) is 3.41. The Labute approximate surface area is 231 Å². The van der Waals surface area contributed by atoms with Crippen molar-refractivity contribution in [2.45, 2.75) is 56.6 Å². The average molecular weight is 588 g/mol. The van der Waals surface area contributed by atoms with Crippen molar-refractivity contribution in [1.82, 2.24) is 4.90 Å². The van der Waals surface area contributed by atoms with Gasteiger partial charge in [-0.2, -0.15) is 0 Å². The number of para-hydroxylation sites is 1. The van der Waals surface area contributed by atoms with Gasteiger partial charge in [-0.3, -0.25) is 4.79 Å². The van der Waals surface area contributed by atoms with Gasteiger partial charge in [-0.15, -0.1) is 0 Å². The summed E-state index contributed by atoms with van der Waals surface area (Å²) < 4.78 is 11.6. The molecule has 2 aromatic rings. The molecule has 1 saturated heterocycles. The molecule has 10 heteroatoms. The van der Waals surface area contributed by atoms with Gasteiger partial charge in [0.05, 0.1) is 24.9 Å². The van der Waals surface area contributed by atoms with E-state index >= 15 is 0 Å². The third-order valence-electron chi connectivity index (χ3n) is 7.77. The lowest BCUT2D eigenvalue weighted by Crippen LogP contribution is -2.48. The largest absolute Gasteiger partial charge is 0.495 e. The van der Waals surface area contributed by atoms with E-state index < -0.39 is 17.6 Å². The number of halogens is 1. The van der Waals surface area contributed by atoms with E-state index in [1.54, 1.807) is 18.2 Å². The lowest BCUT2D eigenvalue weighted by atomic mass is 9.75. The first-order valence-electron chi connectivity index (χ1n) is 12.8. The summed E-state index contributed by atoms with van der Waals surface area (Å²) in [5, 5.41) is 15.2. The quantitative estimate of drug-likeness (QED) is 0.386. The summed E-state index contributed by atoms with van der Waals surface area (Å²) in [5.41, 5.74) is 0.821. The molecule has 1 aliphatic heterocycles. The van der Waals surface area contributed by atoms with Gasteiger partial charge in [-0.25, -0.2) is 9.59 Å². The third kappa shape index (κ3) is 6.13. The van der Waals surface area contributed by atoms with E-state index in [0.29, 0.717) is 36.5 Å². The number of hydrogen-bond acceptors (Lipinski definition) is 5. The van der Waals surface area contributed by atoms with Gasteiger partial charge in [-0.05, 0) is 90.2 Å². The highest BCUT2D eigenvalue weighted by Gasteiger charge is 2.45. The lowest BCUT2D eigenvalue weighted by molar-refractivity contribution is -0.168. The molecule has 1 aliphatic carbocycles. The van der Waals surface area contributed by atoms with Crippen LogP contribution in [0.15, 0.2) is 46.9 Å². The Morgan fingerprint density at radius 3 is 2.42 bits per heavy atom. The Morgan fingerprint density at radius 2 is 1.76 bits per heavy atom. The standard InChI is InChI=1S/C28H34BrN3O6/c1-37-24-16-18(9-10-22(24)31-27(36)30-21-7-4-3-6-20(21)29)17-25(33)32-15-5-8-23(32)19-11-13-28(38-2,14-12-19)26(34)35/h3-4,6-7,9-10,16,19,23H,5,8,11-15,17H2,1-2H3,(H,34,35)(H2,30,31,36)/t19?,23-,28?/m0/s1. The number of benzene rings is 2. The summed E-state index contributed by atoms with van der Waals surface area (Å²) in [7, 11) is 2.98. The number of anilines is 2. The Kier molecular flexibility index (Phi) is 8.94. The molecule has 2 aromatic carbocycles. The van der Waals surface area contributed by atoms with Gasteiger partial charge in [0.2, 0.25) is 5.91 Å². The summed E-state index contributed by atoms with van der Waals surface area (Å²) in [6.07, 6.45) is 4.47. The number of rotatable bonds is 8. The van der Waals surface area contributed by atoms with Crippen LogP contribution in [-0.2, 0) is 20.7 Å². The lowest BCUT2D eigenvalue weighted by Gasteiger charge is -2.40. The van der Waals surface area contributed by atoms with E-state index in [4.69, 9.17) is 9.47 Å². The zero-order valence-electron chi connectivity index (χ0n) is 21.7. The van der Waals surface area contributed by atoms with Crippen molar-refractivity contribution in [3.05, 3.63) is 52.5 Å². The third-order valence-corrected chi connectivity index (χ3v) is 8.47. The number of urea groups is 1. The van der Waals surface area contributed by atoms with Crippen molar-refractivity contribution >= 4 is 45.2 Å². The van der Waals surface area contributed by atoms with Crippen molar-refractivity contribution in [1.29, 1.82) is 0 Å². The number of carbonyl (C=O) groups excluding carboxylic acids is 2. The summed E-state index contributed by atoms with van der Waals surface area (Å²) >= 11 is 3.41. The zero-order chi connectivity index (χ0) is 27.3. The molecule has 0 spiro atoms. The van der Waals surface area contributed by atoms with E-state index in [2.05, 4.69) is 26.6 Å². The van der Waals surface area contributed by atoms with Gasteiger partial charge in [0.15, 0.2) is 5.60 Å². The molecule has 0 radical (unpaired) electrons. The van der Waals surface area contributed by atoms with Gasteiger partial charge in [0.25, 0.3) is 0 Å². The number of amides is 3. The number of ether oxygens (including phenoxy) is 2. The molecule has 1 heterocycles. The summed E-state index contributed by atoms with van der Waals surface area (Å²) in [5.74, 6) is -0.125. The predicted molar refractivity (Wildman–Crippen MR) is 148 cm³/mol. The van der Waals surface area contributed by atoms with Crippen molar-refractivity contribution in [2.24, 2.45) is 5.92 Å². The topological polar surface area (TPSA) is 117 Å². The van der Waals surface area contributed by atoms with Gasteiger partial charge < -0.3 is 30.1 Å². The first-order chi connectivity index (χ1) is 18.3. The molecule has 3 N–H and O–H groups in total. The monoisotopic (exact) mass is 587 g/mol. The summed E-state index contributed by atoms with van der Waals surface area (Å²) in [6.45, 7) is 0.709. The molecule has 204 valence electrons. The molecule has 4 rings (SSSR count). The van der Waals surface area contributed by atoms with Crippen LogP contribution in [-0.4, -0.2) is 60.3 Å². The number of nitrogens with one attached hydrogen (secondary N) is 2. The number of carboxylic acid groups (broad SMARTS) is 1. The van der Waals surface area contributed by atoms with Crippen LogP contribution in [0, 0.1) is 5.92 Å². The molecule has 0 unspecified atom stereocenters. The predicted octanol–water partition coefficient (Wildman–Crippen LogP) is 5.30. The van der Waals surface area contributed by atoms with E-state index in [9.17, 15) is 19.5 Å². The van der Waals surface area contributed by atoms with Crippen LogP contribution in [0.1, 0.15) is 44.1 Å². The number of aliphatic carboxylic acids is 1. The van der Waals surface area contributed by atoms with Crippen LogP contribution in [0.25, 0.3) is 0 Å². The fourth-order valence-corrected chi connectivity index (χ4v) is 6.04. The molecule has 9 nitrogen and oxygen atoms in total. The number of hydrogen-bond donors (Lipinski definition) is 3. The zero-order valence-corrected chi connectivity index (χ0v) is 23.3. The molecular formula is C28H34BrN3O6. The van der Waals surface area contributed by atoms with Crippen molar-refractivity contribution in [3.8, 4) is 5.75 Å². The number of nitrogens with zero attached hydrogens (tertiary/aromatic N) is 1. The highest BCUT2D eigenvalue weighted by atomic mass is 79.9. The molecule has 38 heavy (non-hydrogen) atoms. The first kappa shape index (κ1) is 27.9. The highest BCUT2D eigenvalue weighted by molar-refractivity contribution is 9.10. The van der Waals surface area contributed by atoms with E-state index in [1.807, 2.05) is 29.2 Å². The summed E-state index contributed by atoms with van der Waals surface area (Å²) in [6, 6.07) is 12.4. The van der Waals surface area contributed by atoms with Gasteiger partial charge >= 0.3 is 12.0 Å². The maximum absolute atomic E-state index is 13.3. The normalized spacial score (nSPS) is 23.1. The van der Waals surface area contributed by atoms with Gasteiger partial charge in [0.1, 0.15) is 5.75 Å². The van der Waals surface area contributed by atoms with E-state index in [1.165, 1.54) is 14.2 Å². The molecule has 1 atom stereocenters. The van der Waals surface area contributed by atoms with Crippen molar-refractivity contribution in [2.75, 3.05) is 31.4 Å². The van der Waals surface area contributed by atoms with Gasteiger partial charge in [0, 0.05) is 24.2 Å². The molecule has 1 saturated carbocycles. The smallest absolute Gasteiger partial charge is 0.335 e. The minimum Gasteiger partial charge on any atom is -0.495 e. The van der Waals surface area contributed by atoms with Crippen LogP contribution in [0.4, 0.5) is 16.2 Å². The molecule has 3 amide bonds. The minimum absolute atomic E-state index is 0.0451. The minimum atomic E-state index is -1.11. The number of carbonyl (C=O) groups is 3. The van der Waals surface area contributed by atoms with Crippen LogP contribution in [0.3, 0.4) is 0 Å². The highest BCUT2D eigenvalue weighted by Crippen LogP contribution is 2.40. The van der Waals surface area contributed by atoms with Crippen molar-refractivity contribution < 1.29 is 29.0 Å². The fourth-order valence-electron chi connectivity index (χ4n) is 5.65.